The summed E-state index contributed by atoms with van der Waals surface area (Å²) >= 11 is 0. The Kier molecular flexibility index (Phi) is 4.35. The second-order valence-corrected chi connectivity index (χ2v) is 3.10. The van der Waals surface area contributed by atoms with E-state index >= 15 is 0 Å². The van der Waals surface area contributed by atoms with Crippen LogP contribution in [0.4, 0.5) is 4.39 Å². The molecule has 1 heterocycles. The van der Waals surface area contributed by atoms with Crippen LogP contribution >= 0.6 is 0 Å². The molecule has 16 heavy (non-hydrogen) atoms. The first-order chi connectivity index (χ1) is 7.72. The molecule has 3 heteroatoms. The van der Waals surface area contributed by atoms with Crippen molar-refractivity contribution in [1.82, 2.24) is 0 Å². The first-order valence-electron chi connectivity index (χ1n) is 5.27. The van der Waals surface area contributed by atoms with Gasteiger partial charge in [0.05, 0.1) is 14.1 Å². The van der Waals surface area contributed by atoms with Gasteiger partial charge in [0.1, 0.15) is 0 Å². The van der Waals surface area contributed by atoms with Gasteiger partial charge in [0.15, 0.2) is 11.4 Å². The summed E-state index contributed by atoms with van der Waals surface area (Å²) in [7, 11) is 5.43. The number of benzene rings is 1. The van der Waals surface area contributed by atoms with E-state index < -0.39 is 0 Å². The van der Waals surface area contributed by atoms with Gasteiger partial charge in [0, 0.05) is 5.39 Å². The van der Waals surface area contributed by atoms with Crippen molar-refractivity contribution in [2.45, 2.75) is 20.2 Å². The van der Waals surface area contributed by atoms with Crippen LogP contribution in [0.15, 0.2) is 35.5 Å². The molecule has 0 amide bonds. The molecule has 2 rings (SSSR count). The summed E-state index contributed by atoms with van der Waals surface area (Å²) in [5, 5.41) is 0.731. The minimum atomic E-state index is -0.378. The van der Waals surface area contributed by atoms with E-state index in [2.05, 4.69) is 6.58 Å². The lowest BCUT2D eigenvalue weighted by molar-refractivity contribution is 0.560. The normalized spacial score (nSPS) is 9.69. The molecule has 0 aliphatic rings. The van der Waals surface area contributed by atoms with E-state index in [0.29, 0.717) is 11.9 Å². The molecule has 1 aromatic carbocycles. The third kappa shape index (κ3) is 2.35. The van der Waals surface area contributed by atoms with Crippen molar-refractivity contribution in [3.8, 4) is 0 Å². The highest BCUT2D eigenvalue weighted by Gasteiger charge is 2.07. The molecule has 2 radical (unpaired) electrons. The Bertz CT molecular complexity index is 488. The van der Waals surface area contributed by atoms with Crippen LogP contribution in [0.5, 0.6) is 0 Å². The maximum Gasteiger partial charge on any atom is 0.169 e. The standard InChI is InChI=1S/C11H8BFO.C2H6/c1-7(6-12)9-4-8-2-3-14-11(8)10(13)5-9;1-2/h2-5H,1,6H2;1-2H3. The quantitative estimate of drug-likeness (QED) is 0.685. The predicted molar refractivity (Wildman–Crippen MR) is 67.1 cm³/mol. The summed E-state index contributed by atoms with van der Waals surface area (Å²) < 4.78 is 18.4. The molecule has 0 fully saturated rings. The smallest absolute Gasteiger partial charge is 0.169 e. The first-order valence-corrected chi connectivity index (χ1v) is 5.27. The van der Waals surface area contributed by atoms with Gasteiger partial charge in [-0.3, -0.25) is 0 Å². The third-order valence-corrected chi connectivity index (χ3v) is 2.16. The van der Waals surface area contributed by atoms with Crippen LogP contribution in [-0.2, 0) is 0 Å². The highest BCUT2D eigenvalue weighted by molar-refractivity contribution is 6.14. The van der Waals surface area contributed by atoms with E-state index in [4.69, 9.17) is 12.3 Å². The fourth-order valence-electron chi connectivity index (χ4n) is 1.36. The average molecular weight is 216 g/mol. The average Bonchev–Trinajstić information content (AvgIpc) is 2.79. The van der Waals surface area contributed by atoms with E-state index in [0.717, 1.165) is 10.9 Å². The van der Waals surface area contributed by atoms with Crippen molar-refractivity contribution < 1.29 is 8.81 Å². The zero-order chi connectivity index (χ0) is 12.1. The van der Waals surface area contributed by atoms with Gasteiger partial charge in [-0.05, 0) is 23.8 Å². The Balaban J connectivity index is 0.000000606. The van der Waals surface area contributed by atoms with E-state index in [-0.39, 0.29) is 11.4 Å². The van der Waals surface area contributed by atoms with Gasteiger partial charge in [0.2, 0.25) is 0 Å². The number of halogens is 1. The zero-order valence-electron chi connectivity index (χ0n) is 9.59. The summed E-state index contributed by atoms with van der Waals surface area (Å²) in [5.41, 5.74) is 1.71. The van der Waals surface area contributed by atoms with Crippen LogP contribution in [0.25, 0.3) is 16.5 Å². The largest absolute Gasteiger partial charge is 0.461 e. The number of rotatable bonds is 2. The Hall–Kier alpha value is -1.51. The number of hydrogen-bond acceptors (Lipinski definition) is 1. The van der Waals surface area contributed by atoms with Crippen molar-refractivity contribution in [3.05, 3.63) is 42.4 Å². The fourth-order valence-corrected chi connectivity index (χ4v) is 1.36. The summed E-state index contributed by atoms with van der Waals surface area (Å²) in [4.78, 5) is 0. The van der Waals surface area contributed by atoms with E-state index in [1.807, 2.05) is 19.9 Å². The molecule has 0 unspecified atom stereocenters. The van der Waals surface area contributed by atoms with Crippen molar-refractivity contribution in [1.29, 1.82) is 0 Å². The molecule has 0 aliphatic heterocycles. The molecule has 0 N–H and O–H groups in total. The molecule has 1 aromatic heterocycles. The van der Waals surface area contributed by atoms with Crippen molar-refractivity contribution in [3.63, 3.8) is 0 Å². The lowest BCUT2D eigenvalue weighted by Crippen LogP contribution is -1.85. The van der Waals surface area contributed by atoms with Gasteiger partial charge in [-0.1, -0.05) is 32.3 Å². The zero-order valence-corrected chi connectivity index (χ0v) is 9.59. The van der Waals surface area contributed by atoms with Crippen LogP contribution in [-0.4, -0.2) is 7.85 Å². The SMILES string of the molecule is CC.[B]CC(=C)c1cc(F)c2occc2c1. The molecule has 0 spiro atoms. The van der Waals surface area contributed by atoms with Crippen LogP contribution in [0.1, 0.15) is 19.4 Å². The molecule has 82 valence electrons. The molecular formula is C13H14BFO. The molecule has 0 aliphatic carbocycles. The summed E-state index contributed by atoms with van der Waals surface area (Å²) in [6.45, 7) is 7.75. The van der Waals surface area contributed by atoms with E-state index in [1.54, 1.807) is 6.07 Å². The predicted octanol–water partition coefficient (Wildman–Crippen LogP) is 4.20. The van der Waals surface area contributed by atoms with E-state index in [9.17, 15) is 4.39 Å². The van der Waals surface area contributed by atoms with Crippen molar-refractivity contribution >= 4 is 24.4 Å². The molecule has 0 saturated heterocycles. The van der Waals surface area contributed by atoms with Gasteiger partial charge in [-0.15, -0.1) is 0 Å². The molecule has 0 saturated carbocycles. The number of furan rings is 1. The minimum absolute atomic E-state index is 0.276. The maximum atomic E-state index is 13.4. The van der Waals surface area contributed by atoms with Gasteiger partial charge in [0.25, 0.3) is 0 Å². The number of hydrogen-bond donors (Lipinski definition) is 0. The molecule has 0 bridgehead atoms. The van der Waals surface area contributed by atoms with Crippen LogP contribution in [0.3, 0.4) is 0 Å². The topological polar surface area (TPSA) is 13.1 Å². The molecule has 0 atom stereocenters. The van der Waals surface area contributed by atoms with Crippen LogP contribution in [0.2, 0.25) is 6.32 Å². The third-order valence-electron chi connectivity index (χ3n) is 2.16. The molecule has 2 aromatic rings. The number of allylic oxidation sites excluding steroid dienone is 1. The molecule has 1 nitrogen and oxygen atoms in total. The van der Waals surface area contributed by atoms with E-state index in [1.165, 1.54) is 12.3 Å². The first kappa shape index (κ1) is 12.6. The highest BCUT2D eigenvalue weighted by Crippen LogP contribution is 2.25. The lowest BCUT2D eigenvalue weighted by Gasteiger charge is -2.03. The second kappa shape index (κ2) is 5.54. The van der Waals surface area contributed by atoms with Gasteiger partial charge < -0.3 is 4.42 Å². The second-order valence-electron chi connectivity index (χ2n) is 3.10. The van der Waals surface area contributed by atoms with Gasteiger partial charge in [-0.25, -0.2) is 4.39 Å². The monoisotopic (exact) mass is 216 g/mol. The van der Waals surface area contributed by atoms with Crippen LogP contribution in [0, 0.1) is 5.82 Å². The highest BCUT2D eigenvalue weighted by atomic mass is 19.1. The summed E-state index contributed by atoms with van der Waals surface area (Å²) in [6.07, 6.45) is 1.78. The summed E-state index contributed by atoms with van der Waals surface area (Å²) in [5.74, 6) is -0.378. The Morgan fingerprint density at radius 3 is 2.75 bits per heavy atom. The Morgan fingerprint density at radius 2 is 2.12 bits per heavy atom. The number of fused-ring (bicyclic) bond motifs is 1. The molecular weight excluding hydrogens is 202 g/mol. The summed E-state index contributed by atoms with van der Waals surface area (Å²) in [6, 6.07) is 4.92. The van der Waals surface area contributed by atoms with Gasteiger partial charge in [-0.2, -0.15) is 0 Å². The Morgan fingerprint density at radius 1 is 1.44 bits per heavy atom. The minimum Gasteiger partial charge on any atom is -0.461 e. The lowest BCUT2D eigenvalue weighted by atomic mass is 9.92. The maximum absolute atomic E-state index is 13.4. The fraction of sp³-hybridized carbons (Fsp3) is 0.231. The van der Waals surface area contributed by atoms with Crippen LogP contribution < -0.4 is 0 Å². The van der Waals surface area contributed by atoms with Crippen molar-refractivity contribution in [2.24, 2.45) is 0 Å². The Labute approximate surface area is 96.4 Å². The van der Waals surface area contributed by atoms with Crippen molar-refractivity contribution in [2.75, 3.05) is 0 Å². The van der Waals surface area contributed by atoms with Gasteiger partial charge >= 0.3 is 0 Å².